The van der Waals surface area contributed by atoms with Crippen LogP contribution in [0.4, 0.5) is 17.1 Å². The summed E-state index contributed by atoms with van der Waals surface area (Å²) in [4.78, 5) is 24.0. The summed E-state index contributed by atoms with van der Waals surface area (Å²) >= 11 is 1.45. The second kappa shape index (κ2) is 9.57. The maximum atomic E-state index is 13.0. The third-order valence-electron chi connectivity index (χ3n) is 5.58. The van der Waals surface area contributed by atoms with Gasteiger partial charge < -0.3 is 20.3 Å². The highest BCUT2D eigenvalue weighted by Gasteiger charge is 2.22. The van der Waals surface area contributed by atoms with Crippen molar-refractivity contribution in [2.45, 2.75) is 0 Å². The number of hydrazine groups is 1. The van der Waals surface area contributed by atoms with Crippen molar-refractivity contribution in [3.05, 3.63) is 65.0 Å². The molecule has 0 unspecified atom stereocenters. The number of piperazine rings is 1. The van der Waals surface area contributed by atoms with Gasteiger partial charge >= 0.3 is 0 Å². The van der Waals surface area contributed by atoms with Gasteiger partial charge in [-0.05, 0) is 18.2 Å². The monoisotopic (exact) mass is 463 g/mol. The van der Waals surface area contributed by atoms with Gasteiger partial charge in [0.1, 0.15) is 16.5 Å². The Labute approximate surface area is 196 Å². The van der Waals surface area contributed by atoms with Crippen molar-refractivity contribution in [3.8, 4) is 5.75 Å². The Morgan fingerprint density at radius 2 is 2.03 bits per heavy atom. The number of hydrogen-bond acceptors (Lipinski definition) is 9. The summed E-state index contributed by atoms with van der Waals surface area (Å²) in [6.07, 6.45) is 5.43. The normalized spacial score (nSPS) is 16.0. The molecule has 0 atom stereocenters. The molecular weight excluding hydrogens is 438 g/mol. The summed E-state index contributed by atoms with van der Waals surface area (Å²) in [5.41, 5.74) is 7.32. The van der Waals surface area contributed by atoms with E-state index < -0.39 is 0 Å². The van der Waals surface area contributed by atoms with E-state index >= 15 is 0 Å². The number of nitrogens with zero attached hydrogens (tertiary/aromatic N) is 4. The van der Waals surface area contributed by atoms with Gasteiger partial charge in [0.2, 0.25) is 0 Å². The molecule has 4 heterocycles. The molecule has 2 aromatic heterocycles. The Morgan fingerprint density at radius 1 is 1.18 bits per heavy atom. The number of amides is 1. The molecule has 3 N–H and O–H groups in total. The van der Waals surface area contributed by atoms with Crippen molar-refractivity contribution >= 4 is 39.9 Å². The Bertz CT molecular complexity index is 1170. The van der Waals surface area contributed by atoms with Crippen LogP contribution in [0, 0.1) is 0 Å². The van der Waals surface area contributed by atoms with Crippen LogP contribution in [0.3, 0.4) is 0 Å². The lowest BCUT2D eigenvalue weighted by molar-refractivity contribution is 0.102. The highest BCUT2D eigenvalue weighted by molar-refractivity contribution is 7.11. The summed E-state index contributed by atoms with van der Waals surface area (Å²) in [6, 6.07) is 9.74. The van der Waals surface area contributed by atoms with E-state index in [-0.39, 0.29) is 5.91 Å². The Balaban J connectivity index is 1.31. The minimum Gasteiger partial charge on any atom is -0.495 e. The first-order chi connectivity index (χ1) is 16.2. The van der Waals surface area contributed by atoms with Crippen LogP contribution in [0.15, 0.2) is 54.3 Å². The van der Waals surface area contributed by atoms with Crippen LogP contribution in [-0.4, -0.2) is 55.7 Å². The minimum absolute atomic E-state index is 0.241. The summed E-state index contributed by atoms with van der Waals surface area (Å²) in [7, 11) is 1.65. The second-order valence-electron chi connectivity index (χ2n) is 7.65. The van der Waals surface area contributed by atoms with Gasteiger partial charge in [-0.25, -0.2) is 10.4 Å². The molecule has 1 fully saturated rings. The summed E-state index contributed by atoms with van der Waals surface area (Å²) < 4.78 is 5.46. The third-order valence-corrected chi connectivity index (χ3v) is 6.50. The van der Waals surface area contributed by atoms with E-state index in [1.54, 1.807) is 24.9 Å². The highest BCUT2D eigenvalue weighted by atomic mass is 32.1. The van der Waals surface area contributed by atoms with Crippen LogP contribution < -0.4 is 30.7 Å². The number of aromatic nitrogens is 2. The molecule has 0 spiro atoms. The minimum atomic E-state index is -0.241. The van der Waals surface area contributed by atoms with E-state index in [4.69, 9.17) is 4.74 Å². The smallest absolute Gasteiger partial charge is 0.275 e. The molecule has 1 aromatic carbocycles. The predicted molar refractivity (Wildman–Crippen MR) is 131 cm³/mol. The molecule has 0 bridgehead atoms. The zero-order valence-electron chi connectivity index (χ0n) is 18.2. The average Bonchev–Trinajstić information content (AvgIpc) is 3.55. The standard InChI is InChI=1S/C23H25N7O2S/c1-32-21-5-3-2-4-20(21)30-14-16(12-26-30)23-28-18(15-33-23)22(31)27-17-13-25-7-6-19(17)29-10-8-24-9-11-29/h2-7,13-15,24,26H,8-12H2,1H3,(H,27,31). The van der Waals surface area contributed by atoms with Gasteiger partial charge in [-0.2, -0.15) is 0 Å². The Hall–Kier alpha value is -3.47. The lowest BCUT2D eigenvalue weighted by Crippen LogP contribution is -2.43. The number of carbonyl (C=O) groups excluding carboxylic acids is 1. The van der Waals surface area contributed by atoms with Crippen molar-refractivity contribution in [3.63, 3.8) is 0 Å². The van der Waals surface area contributed by atoms with Gasteiger partial charge in [0.25, 0.3) is 5.91 Å². The molecule has 2 aliphatic heterocycles. The third kappa shape index (κ3) is 4.54. The fraction of sp³-hybridized carbons (Fsp3) is 0.261. The first kappa shape index (κ1) is 21.4. The van der Waals surface area contributed by atoms with E-state index in [9.17, 15) is 4.79 Å². The van der Waals surface area contributed by atoms with E-state index in [2.05, 4.69) is 30.9 Å². The predicted octanol–water partition coefficient (Wildman–Crippen LogP) is 2.57. The molecule has 33 heavy (non-hydrogen) atoms. The van der Waals surface area contributed by atoms with E-state index in [1.165, 1.54) is 11.3 Å². The average molecular weight is 464 g/mol. The van der Waals surface area contributed by atoms with E-state index in [1.807, 2.05) is 41.5 Å². The number of benzene rings is 1. The maximum absolute atomic E-state index is 13.0. The van der Waals surface area contributed by atoms with Crippen molar-refractivity contribution in [2.75, 3.05) is 55.1 Å². The van der Waals surface area contributed by atoms with Gasteiger partial charge in [-0.15, -0.1) is 11.3 Å². The number of anilines is 3. The zero-order valence-corrected chi connectivity index (χ0v) is 19.1. The van der Waals surface area contributed by atoms with E-state index in [0.29, 0.717) is 17.9 Å². The number of methoxy groups -OCH3 is 1. The molecule has 170 valence electrons. The molecule has 0 saturated carbocycles. The van der Waals surface area contributed by atoms with Crippen LogP contribution in [-0.2, 0) is 0 Å². The van der Waals surface area contributed by atoms with Crippen molar-refractivity contribution < 1.29 is 9.53 Å². The summed E-state index contributed by atoms with van der Waals surface area (Å²) in [6.45, 7) is 4.22. The molecule has 9 nitrogen and oxygen atoms in total. The molecule has 5 rings (SSSR count). The zero-order chi connectivity index (χ0) is 22.6. The molecule has 1 amide bonds. The largest absolute Gasteiger partial charge is 0.495 e. The summed E-state index contributed by atoms with van der Waals surface area (Å²) in [5, 5.41) is 10.9. The number of ether oxygens (including phenoxy) is 1. The van der Waals surface area contributed by atoms with Gasteiger partial charge in [-0.1, -0.05) is 12.1 Å². The molecule has 1 saturated heterocycles. The lowest BCUT2D eigenvalue weighted by Gasteiger charge is -2.30. The molecule has 3 aromatic rings. The maximum Gasteiger partial charge on any atom is 0.275 e. The van der Waals surface area contributed by atoms with Gasteiger partial charge in [0, 0.05) is 56.1 Å². The van der Waals surface area contributed by atoms with Crippen molar-refractivity contribution in [1.29, 1.82) is 0 Å². The topological polar surface area (TPSA) is 94.6 Å². The number of pyridine rings is 1. The number of para-hydroxylation sites is 2. The fourth-order valence-electron chi connectivity index (χ4n) is 3.91. The first-order valence-corrected chi connectivity index (χ1v) is 11.6. The SMILES string of the molecule is COc1ccccc1N1C=C(c2nc(C(=O)Nc3cnccc3N3CCNCC3)cs2)CN1. The number of nitrogens with one attached hydrogen (secondary N) is 3. The van der Waals surface area contributed by atoms with Crippen LogP contribution in [0.2, 0.25) is 0 Å². The number of thiazole rings is 1. The van der Waals surface area contributed by atoms with Crippen molar-refractivity contribution in [1.82, 2.24) is 20.7 Å². The summed E-state index contributed by atoms with van der Waals surface area (Å²) in [5.74, 6) is 0.536. The molecule has 10 heteroatoms. The number of carbonyl (C=O) groups is 1. The van der Waals surface area contributed by atoms with Crippen LogP contribution in [0.5, 0.6) is 5.75 Å². The van der Waals surface area contributed by atoms with Gasteiger partial charge in [-0.3, -0.25) is 14.8 Å². The molecule has 0 radical (unpaired) electrons. The quantitative estimate of drug-likeness (QED) is 0.514. The fourth-order valence-corrected chi connectivity index (χ4v) is 4.72. The number of hydrogen-bond donors (Lipinski definition) is 3. The Morgan fingerprint density at radius 3 is 2.88 bits per heavy atom. The second-order valence-corrected chi connectivity index (χ2v) is 8.51. The Kier molecular flexibility index (Phi) is 6.20. The van der Waals surface area contributed by atoms with Gasteiger partial charge in [0.15, 0.2) is 0 Å². The first-order valence-electron chi connectivity index (χ1n) is 10.8. The van der Waals surface area contributed by atoms with Crippen LogP contribution >= 0.6 is 11.3 Å². The lowest BCUT2D eigenvalue weighted by atomic mass is 10.2. The van der Waals surface area contributed by atoms with Gasteiger partial charge in [0.05, 0.1) is 30.4 Å². The van der Waals surface area contributed by atoms with E-state index in [0.717, 1.165) is 53.9 Å². The molecular formula is C23H25N7O2S. The van der Waals surface area contributed by atoms with Crippen LogP contribution in [0.25, 0.3) is 5.57 Å². The highest BCUT2D eigenvalue weighted by Crippen LogP contribution is 2.31. The van der Waals surface area contributed by atoms with Crippen LogP contribution in [0.1, 0.15) is 15.5 Å². The molecule has 0 aliphatic carbocycles. The number of rotatable bonds is 6. The molecule has 2 aliphatic rings. The van der Waals surface area contributed by atoms with Crippen molar-refractivity contribution in [2.24, 2.45) is 0 Å².